The van der Waals surface area contributed by atoms with Crippen LogP contribution in [0.3, 0.4) is 0 Å². The Morgan fingerprint density at radius 2 is 2.12 bits per heavy atom. The number of rotatable bonds is 6. The number of imidazole rings is 1. The lowest BCUT2D eigenvalue weighted by molar-refractivity contribution is 0.433. The Hall–Kier alpha value is -0.830. The third-order valence-corrected chi connectivity index (χ3v) is 4.27. The average molecular weight is 250 g/mol. The Bertz CT molecular complexity index is 467. The van der Waals surface area contributed by atoms with Crippen molar-refractivity contribution in [2.45, 2.75) is 58.3 Å². The van der Waals surface area contributed by atoms with Gasteiger partial charge in [0.25, 0.3) is 0 Å². The summed E-state index contributed by atoms with van der Waals surface area (Å²) in [7, 11) is 0. The SMILES string of the molecule is CCCCCCC(C)(C)c1cnc2sccn12. The maximum Gasteiger partial charge on any atom is 0.193 e. The van der Waals surface area contributed by atoms with Crippen molar-refractivity contribution >= 4 is 16.3 Å². The predicted octanol–water partition coefficient (Wildman–Crippen LogP) is 4.64. The van der Waals surface area contributed by atoms with Crippen molar-refractivity contribution in [3.63, 3.8) is 0 Å². The number of unbranched alkanes of at least 4 members (excludes halogenated alkanes) is 3. The highest BCUT2D eigenvalue weighted by molar-refractivity contribution is 7.15. The van der Waals surface area contributed by atoms with Crippen molar-refractivity contribution in [2.75, 3.05) is 0 Å². The second-order valence-corrected chi connectivity index (χ2v) is 6.27. The van der Waals surface area contributed by atoms with Crippen LogP contribution in [0.25, 0.3) is 4.96 Å². The van der Waals surface area contributed by atoms with Gasteiger partial charge in [-0.15, -0.1) is 11.3 Å². The fourth-order valence-corrected chi connectivity index (χ4v) is 3.04. The molecular weight excluding hydrogens is 228 g/mol. The van der Waals surface area contributed by atoms with Gasteiger partial charge in [-0.1, -0.05) is 46.5 Å². The summed E-state index contributed by atoms with van der Waals surface area (Å²) in [4.78, 5) is 5.58. The highest BCUT2D eigenvalue weighted by Gasteiger charge is 2.24. The maximum atomic E-state index is 4.47. The van der Waals surface area contributed by atoms with Crippen LogP contribution in [-0.2, 0) is 5.41 Å². The van der Waals surface area contributed by atoms with E-state index in [9.17, 15) is 0 Å². The largest absolute Gasteiger partial charge is 0.294 e. The normalized spacial score (nSPS) is 12.4. The minimum absolute atomic E-state index is 0.230. The first-order valence-electron chi connectivity index (χ1n) is 6.56. The fraction of sp³-hybridized carbons (Fsp3) is 0.643. The minimum Gasteiger partial charge on any atom is -0.294 e. The number of fused-ring (bicyclic) bond motifs is 1. The molecule has 2 aromatic rings. The quantitative estimate of drug-likeness (QED) is 0.682. The molecule has 2 rings (SSSR count). The molecule has 0 aromatic carbocycles. The maximum absolute atomic E-state index is 4.47. The first-order valence-corrected chi connectivity index (χ1v) is 7.44. The molecule has 0 aliphatic carbocycles. The van der Waals surface area contributed by atoms with Crippen LogP contribution in [0.1, 0.15) is 58.6 Å². The van der Waals surface area contributed by atoms with Crippen LogP contribution in [0.15, 0.2) is 17.8 Å². The molecule has 3 heteroatoms. The molecule has 0 aliphatic rings. The molecule has 0 saturated carbocycles. The van der Waals surface area contributed by atoms with Gasteiger partial charge < -0.3 is 0 Å². The molecule has 0 bridgehead atoms. The molecule has 2 heterocycles. The molecular formula is C14H22N2S. The summed E-state index contributed by atoms with van der Waals surface area (Å²) >= 11 is 1.71. The number of hydrogen-bond donors (Lipinski definition) is 0. The van der Waals surface area contributed by atoms with Gasteiger partial charge in [0.2, 0.25) is 0 Å². The predicted molar refractivity (Wildman–Crippen MR) is 74.9 cm³/mol. The lowest BCUT2D eigenvalue weighted by Gasteiger charge is -2.23. The summed E-state index contributed by atoms with van der Waals surface area (Å²) in [5, 5.41) is 2.11. The molecule has 17 heavy (non-hydrogen) atoms. The molecule has 0 unspecified atom stereocenters. The molecule has 2 aromatic heterocycles. The van der Waals surface area contributed by atoms with E-state index in [-0.39, 0.29) is 5.41 Å². The van der Waals surface area contributed by atoms with E-state index in [0.717, 1.165) is 4.96 Å². The lowest BCUT2D eigenvalue weighted by atomic mass is 9.84. The van der Waals surface area contributed by atoms with Crippen molar-refractivity contribution < 1.29 is 0 Å². The van der Waals surface area contributed by atoms with Crippen molar-refractivity contribution in [1.29, 1.82) is 0 Å². The van der Waals surface area contributed by atoms with Crippen LogP contribution < -0.4 is 0 Å². The zero-order valence-corrected chi connectivity index (χ0v) is 11.9. The first kappa shape index (κ1) is 12.6. The molecule has 0 aliphatic heterocycles. The van der Waals surface area contributed by atoms with Gasteiger partial charge in [0.1, 0.15) is 0 Å². The first-order chi connectivity index (χ1) is 8.15. The van der Waals surface area contributed by atoms with Crippen molar-refractivity contribution in [3.8, 4) is 0 Å². The molecule has 0 amide bonds. The van der Waals surface area contributed by atoms with Gasteiger partial charge in [-0.25, -0.2) is 4.98 Å². The summed E-state index contributed by atoms with van der Waals surface area (Å²) in [5.41, 5.74) is 1.58. The minimum atomic E-state index is 0.230. The van der Waals surface area contributed by atoms with E-state index < -0.39 is 0 Å². The van der Waals surface area contributed by atoms with Gasteiger partial charge >= 0.3 is 0 Å². The standard InChI is InChI=1S/C14H22N2S/c1-4-5-6-7-8-14(2,3)12-11-15-13-16(12)9-10-17-13/h9-11H,4-8H2,1-3H3. The topological polar surface area (TPSA) is 17.3 Å². The Morgan fingerprint density at radius 3 is 2.88 bits per heavy atom. The van der Waals surface area contributed by atoms with Crippen LogP contribution >= 0.6 is 11.3 Å². The van der Waals surface area contributed by atoms with Crippen molar-refractivity contribution in [1.82, 2.24) is 9.38 Å². The summed E-state index contributed by atoms with van der Waals surface area (Å²) < 4.78 is 2.24. The van der Waals surface area contributed by atoms with E-state index in [1.807, 2.05) is 6.20 Å². The fourth-order valence-electron chi connectivity index (χ4n) is 2.35. The van der Waals surface area contributed by atoms with Crippen molar-refractivity contribution in [3.05, 3.63) is 23.5 Å². The Labute approximate surface area is 108 Å². The van der Waals surface area contributed by atoms with Crippen molar-refractivity contribution in [2.24, 2.45) is 0 Å². The van der Waals surface area contributed by atoms with Gasteiger partial charge in [-0.05, 0) is 6.42 Å². The average Bonchev–Trinajstić information content (AvgIpc) is 2.85. The van der Waals surface area contributed by atoms with Gasteiger partial charge in [0.15, 0.2) is 4.96 Å². The van der Waals surface area contributed by atoms with E-state index in [4.69, 9.17) is 0 Å². The van der Waals surface area contributed by atoms with Crippen LogP contribution in [0.4, 0.5) is 0 Å². The van der Waals surface area contributed by atoms with Gasteiger partial charge in [0, 0.05) is 22.7 Å². The third kappa shape index (κ3) is 2.71. The summed E-state index contributed by atoms with van der Waals surface area (Å²) in [6.07, 6.45) is 10.8. The van der Waals surface area contributed by atoms with E-state index in [1.54, 1.807) is 11.3 Å². The molecule has 0 spiro atoms. The smallest absolute Gasteiger partial charge is 0.193 e. The molecule has 0 fully saturated rings. The molecule has 0 saturated heterocycles. The second-order valence-electron chi connectivity index (χ2n) is 5.39. The summed E-state index contributed by atoms with van der Waals surface area (Å²) in [6.45, 7) is 6.93. The van der Waals surface area contributed by atoms with Crippen LogP contribution in [0.2, 0.25) is 0 Å². The molecule has 94 valence electrons. The van der Waals surface area contributed by atoms with E-state index in [2.05, 4.69) is 41.7 Å². The molecule has 0 N–H and O–H groups in total. The van der Waals surface area contributed by atoms with Crippen LogP contribution in [0.5, 0.6) is 0 Å². The highest BCUT2D eigenvalue weighted by Crippen LogP contribution is 2.30. The van der Waals surface area contributed by atoms with Gasteiger partial charge in [-0.2, -0.15) is 0 Å². The van der Waals surface area contributed by atoms with Gasteiger partial charge in [-0.3, -0.25) is 4.40 Å². The monoisotopic (exact) mass is 250 g/mol. The van der Waals surface area contributed by atoms with Crippen LogP contribution in [-0.4, -0.2) is 9.38 Å². The zero-order valence-electron chi connectivity index (χ0n) is 11.1. The number of thiazole rings is 1. The number of hydrogen-bond acceptors (Lipinski definition) is 2. The molecule has 0 atom stereocenters. The Balaban J connectivity index is 2.07. The van der Waals surface area contributed by atoms with Gasteiger partial charge in [0.05, 0.1) is 6.20 Å². The molecule has 0 radical (unpaired) electrons. The summed E-state index contributed by atoms with van der Waals surface area (Å²) in [6, 6.07) is 0. The Morgan fingerprint density at radius 1 is 1.29 bits per heavy atom. The van der Waals surface area contributed by atoms with E-state index in [0.29, 0.717) is 0 Å². The Kier molecular flexibility index (Phi) is 3.87. The second kappa shape index (κ2) is 5.21. The molecule has 2 nitrogen and oxygen atoms in total. The number of nitrogens with zero attached hydrogens (tertiary/aromatic N) is 2. The summed E-state index contributed by atoms with van der Waals surface area (Å²) in [5.74, 6) is 0. The zero-order chi connectivity index (χ0) is 12.3. The highest BCUT2D eigenvalue weighted by atomic mass is 32.1. The third-order valence-electron chi connectivity index (χ3n) is 3.50. The lowest BCUT2D eigenvalue weighted by Crippen LogP contribution is -2.19. The van der Waals surface area contributed by atoms with E-state index >= 15 is 0 Å². The number of aromatic nitrogens is 2. The van der Waals surface area contributed by atoms with Crippen LogP contribution in [0, 0.1) is 0 Å². The van der Waals surface area contributed by atoms with E-state index in [1.165, 1.54) is 37.8 Å².